The van der Waals surface area contributed by atoms with Gasteiger partial charge in [-0.25, -0.2) is 0 Å². The summed E-state index contributed by atoms with van der Waals surface area (Å²) < 4.78 is 0. The van der Waals surface area contributed by atoms with Crippen LogP contribution in [0, 0.1) is 0 Å². The SMILES string of the molecule is OCc1ccc(CN2CCCCC2)c(O)c1. The lowest BCUT2D eigenvalue weighted by molar-refractivity contribution is 0.218. The van der Waals surface area contributed by atoms with Crippen LogP contribution in [-0.2, 0) is 13.2 Å². The summed E-state index contributed by atoms with van der Waals surface area (Å²) in [4.78, 5) is 2.37. The van der Waals surface area contributed by atoms with Crippen LogP contribution in [0.3, 0.4) is 0 Å². The van der Waals surface area contributed by atoms with Crippen molar-refractivity contribution < 1.29 is 10.2 Å². The van der Waals surface area contributed by atoms with Gasteiger partial charge in [0.25, 0.3) is 0 Å². The van der Waals surface area contributed by atoms with Gasteiger partial charge in [0, 0.05) is 12.1 Å². The zero-order valence-corrected chi connectivity index (χ0v) is 9.52. The Balaban J connectivity index is 2.03. The number of phenolic OH excluding ortho intramolecular Hbond substituents is 1. The van der Waals surface area contributed by atoms with Crippen LogP contribution in [0.25, 0.3) is 0 Å². The molecule has 0 bridgehead atoms. The minimum atomic E-state index is -0.0163. The van der Waals surface area contributed by atoms with Crippen molar-refractivity contribution in [3.05, 3.63) is 29.3 Å². The topological polar surface area (TPSA) is 43.7 Å². The average Bonchev–Trinajstić information content (AvgIpc) is 2.33. The van der Waals surface area contributed by atoms with Crippen molar-refractivity contribution in [1.82, 2.24) is 4.90 Å². The molecule has 0 unspecified atom stereocenters. The van der Waals surface area contributed by atoms with E-state index in [0.29, 0.717) is 5.75 Å². The quantitative estimate of drug-likeness (QED) is 0.819. The first-order valence-corrected chi connectivity index (χ1v) is 5.93. The molecule has 0 saturated carbocycles. The summed E-state index contributed by atoms with van der Waals surface area (Å²) >= 11 is 0. The van der Waals surface area contributed by atoms with E-state index in [9.17, 15) is 5.11 Å². The third kappa shape index (κ3) is 2.74. The van der Waals surface area contributed by atoms with Gasteiger partial charge in [0.05, 0.1) is 6.61 Å². The first-order chi connectivity index (χ1) is 7.79. The second kappa shape index (κ2) is 5.32. The van der Waals surface area contributed by atoms with Crippen molar-refractivity contribution in [3.8, 4) is 5.75 Å². The van der Waals surface area contributed by atoms with E-state index in [1.807, 2.05) is 12.1 Å². The van der Waals surface area contributed by atoms with E-state index >= 15 is 0 Å². The standard InChI is InChI=1S/C13H19NO2/c15-10-11-4-5-12(13(16)8-11)9-14-6-2-1-3-7-14/h4-5,8,15-16H,1-3,6-7,9-10H2. The Morgan fingerprint density at radius 3 is 2.50 bits per heavy atom. The zero-order chi connectivity index (χ0) is 11.4. The third-order valence-corrected chi connectivity index (χ3v) is 3.17. The third-order valence-electron chi connectivity index (χ3n) is 3.17. The molecule has 0 atom stereocenters. The van der Waals surface area contributed by atoms with Crippen LogP contribution in [-0.4, -0.2) is 28.2 Å². The first-order valence-electron chi connectivity index (χ1n) is 5.93. The van der Waals surface area contributed by atoms with Crippen LogP contribution < -0.4 is 0 Å². The van der Waals surface area contributed by atoms with E-state index in [2.05, 4.69) is 4.90 Å². The van der Waals surface area contributed by atoms with Gasteiger partial charge in [-0.1, -0.05) is 18.6 Å². The highest BCUT2D eigenvalue weighted by molar-refractivity contribution is 5.36. The molecule has 1 aliphatic rings. The lowest BCUT2D eigenvalue weighted by atomic mass is 10.1. The van der Waals surface area contributed by atoms with Crippen molar-refractivity contribution in [1.29, 1.82) is 0 Å². The maximum atomic E-state index is 9.82. The van der Waals surface area contributed by atoms with Crippen molar-refractivity contribution in [2.75, 3.05) is 13.1 Å². The van der Waals surface area contributed by atoms with Crippen LogP contribution in [0.1, 0.15) is 30.4 Å². The smallest absolute Gasteiger partial charge is 0.120 e. The monoisotopic (exact) mass is 221 g/mol. The van der Waals surface area contributed by atoms with Gasteiger partial charge in [0.2, 0.25) is 0 Å². The number of aromatic hydroxyl groups is 1. The fourth-order valence-corrected chi connectivity index (χ4v) is 2.20. The minimum absolute atomic E-state index is 0.0163. The Bertz CT molecular complexity index is 346. The number of likely N-dealkylation sites (tertiary alicyclic amines) is 1. The number of hydrogen-bond donors (Lipinski definition) is 2. The van der Waals surface area contributed by atoms with Crippen LogP contribution in [0.5, 0.6) is 5.75 Å². The molecule has 3 nitrogen and oxygen atoms in total. The maximum Gasteiger partial charge on any atom is 0.120 e. The fourth-order valence-electron chi connectivity index (χ4n) is 2.20. The van der Waals surface area contributed by atoms with Gasteiger partial charge in [-0.05, 0) is 37.6 Å². The molecule has 0 aromatic heterocycles. The van der Waals surface area contributed by atoms with E-state index in [0.717, 1.165) is 30.8 Å². The molecular weight excluding hydrogens is 202 g/mol. The molecule has 1 aromatic rings. The summed E-state index contributed by atoms with van der Waals surface area (Å²) in [7, 11) is 0. The minimum Gasteiger partial charge on any atom is -0.508 e. The summed E-state index contributed by atoms with van der Waals surface area (Å²) in [5, 5.41) is 18.8. The van der Waals surface area contributed by atoms with Crippen molar-refractivity contribution in [3.63, 3.8) is 0 Å². The van der Waals surface area contributed by atoms with Gasteiger partial charge in [-0.2, -0.15) is 0 Å². The summed E-state index contributed by atoms with van der Waals surface area (Å²) in [6, 6.07) is 5.44. The van der Waals surface area contributed by atoms with Crippen LogP contribution in [0.2, 0.25) is 0 Å². The molecule has 0 aliphatic carbocycles. The lowest BCUT2D eigenvalue weighted by Gasteiger charge is -2.26. The number of aliphatic hydroxyl groups excluding tert-OH is 1. The number of piperidine rings is 1. The molecule has 1 aromatic carbocycles. The van der Waals surface area contributed by atoms with E-state index in [1.54, 1.807) is 6.07 Å². The van der Waals surface area contributed by atoms with E-state index in [-0.39, 0.29) is 6.61 Å². The predicted octanol–water partition coefficient (Wildman–Crippen LogP) is 1.87. The Hall–Kier alpha value is -1.06. The fraction of sp³-hybridized carbons (Fsp3) is 0.538. The number of rotatable bonds is 3. The summed E-state index contributed by atoms with van der Waals surface area (Å²) in [6.45, 7) is 3.05. The van der Waals surface area contributed by atoms with Gasteiger partial charge < -0.3 is 10.2 Å². The first kappa shape index (κ1) is 11.4. The zero-order valence-electron chi connectivity index (χ0n) is 9.52. The molecule has 1 heterocycles. The van der Waals surface area contributed by atoms with Gasteiger partial charge in [-0.15, -0.1) is 0 Å². The van der Waals surface area contributed by atoms with Crippen molar-refractivity contribution in [2.24, 2.45) is 0 Å². The number of phenols is 1. The molecule has 0 amide bonds. The lowest BCUT2D eigenvalue weighted by Crippen LogP contribution is -2.29. The molecule has 88 valence electrons. The summed E-state index contributed by atoms with van der Waals surface area (Å²) in [6.07, 6.45) is 3.84. The van der Waals surface area contributed by atoms with Gasteiger partial charge in [0.15, 0.2) is 0 Å². The highest BCUT2D eigenvalue weighted by Gasteiger charge is 2.12. The number of nitrogens with zero attached hydrogens (tertiary/aromatic N) is 1. The molecule has 1 fully saturated rings. The van der Waals surface area contributed by atoms with Crippen LogP contribution in [0.4, 0.5) is 0 Å². The molecule has 3 heteroatoms. The van der Waals surface area contributed by atoms with E-state index in [4.69, 9.17) is 5.11 Å². The van der Waals surface area contributed by atoms with Crippen molar-refractivity contribution in [2.45, 2.75) is 32.4 Å². The molecule has 2 N–H and O–H groups in total. The van der Waals surface area contributed by atoms with Gasteiger partial charge in [0.1, 0.15) is 5.75 Å². The summed E-state index contributed by atoms with van der Waals surface area (Å²) in [5.41, 5.74) is 1.72. The van der Waals surface area contributed by atoms with Crippen molar-refractivity contribution >= 4 is 0 Å². The second-order valence-corrected chi connectivity index (χ2v) is 4.46. The second-order valence-electron chi connectivity index (χ2n) is 4.46. The molecule has 2 rings (SSSR count). The normalized spacial score (nSPS) is 17.6. The van der Waals surface area contributed by atoms with E-state index in [1.165, 1.54) is 19.3 Å². The Kier molecular flexibility index (Phi) is 3.80. The number of aliphatic hydroxyl groups is 1. The Morgan fingerprint density at radius 1 is 1.12 bits per heavy atom. The molecule has 0 spiro atoms. The van der Waals surface area contributed by atoms with Gasteiger partial charge in [-0.3, -0.25) is 4.90 Å². The molecule has 0 radical (unpaired) electrons. The molecular formula is C13H19NO2. The Labute approximate surface area is 96.3 Å². The highest BCUT2D eigenvalue weighted by atomic mass is 16.3. The Morgan fingerprint density at radius 2 is 1.88 bits per heavy atom. The van der Waals surface area contributed by atoms with Crippen LogP contribution >= 0.6 is 0 Å². The molecule has 1 aliphatic heterocycles. The average molecular weight is 221 g/mol. The van der Waals surface area contributed by atoms with Crippen LogP contribution in [0.15, 0.2) is 18.2 Å². The highest BCUT2D eigenvalue weighted by Crippen LogP contribution is 2.22. The predicted molar refractivity (Wildman–Crippen MR) is 63.2 cm³/mol. The summed E-state index contributed by atoms with van der Waals surface area (Å²) in [5.74, 6) is 0.303. The molecule has 1 saturated heterocycles. The molecule has 16 heavy (non-hydrogen) atoms. The maximum absolute atomic E-state index is 9.82. The number of hydrogen-bond acceptors (Lipinski definition) is 3. The largest absolute Gasteiger partial charge is 0.508 e. The van der Waals surface area contributed by atoms with Gasteiger partial charge >= 0.3 is 0 Å². The van der Waals surface area contributed by atoms with E-state index < -0.39 is 0 Å². The number of benzene rings is 1.